The Hall–Kier alpha value is -2.56. The number of carbonyl (C=O) groups is 2. The lowest BCUT2D eigenvalue weighted by atomic mass is 9.94. The van der Waals surface area contributed by atoms with Crippen LogP contribution in [-0.4, -0.2) is 34.2 Å². The SMILES string of the molecule is COc1cccc(I)c1-c1c(C(=O)O)c(N)[nH]c(=O)c1C(=O)O. The molecule has 0 radical (unpaired) electrons. The third kappa shape index (κ3) is 2.86. The lowest BCUT2D eigenvalue weighted by molar-refractivity contribution is 0.0695. The number of rotatable bonds is 4. The van der Waals surface area contributed by atoms with E-state index in [1.165, 1.54) is 13.2 Å². The molecule has 8 nitrogen and oxygen atoms in total. The van der Waals surface area contributed by atoms with Crippen LogP contribution >= 0.6 is 22.6 Å². The lowest BCUT2D eigenvalue weighted by Gasteiger charge is -2.16. The summed E-state index contributed by atoms with van der Waals surface area (Å²) in [5.41, 5.74) is 3.30. The molecular weight excluding hydrogens is 419 g/mol. The molecule has 5 N–H and O–H groups in total. The Kier molecular flexibility index (Phi) is 4.59. The summed E-state index contributed by atoms with van der Waals surface area (Å²) in [6.07, 6.45) is 0. The van der Waals surface area contributed by atoms with Crippen molar-refractivity contribution >= 4 is 40.3 Å². The van der Waals surface area contributed by atoms with Crippen LogP contribution in [0.2, 0.25) is 0 Å². The molecule has 1 heterocycles. The Morgan fingerprint density at radius 2 is 1.78 bits per heavy atom. The number of halogens is 1. The Bertz CT molecular complexity index is 874. The normalized spacial score (nSPS) is 10.3. The molecular formula is C14H11IN2O6. The number of aromatic carboxylic acids is 2. The van der Waals surface area contributed by atoms with Crippen molar-refractivity contribution in [3.05, 3.63) is 43.2 Å². The van der Waals surface area contributed by atoms with E-state index in [1.807, 2.05) is 22.6 Å². The van der Waals surface area contributed by atoms with Crippen LogP contribution in [0.4, 0.5) is 5.82 Å². The van der Waals surface area contributed by atoms with E-state index in [2.05, 4.69) is 4.98 Å². The molecule has 0 aliphatic carbocycles. The molecule has 0 amide bonds. The number of nitrogens with one attached hydrogen (secondary N) is 1. The topological polar surface area (TPSA) is 143 Å². The molecule has 0 unspecified atom stereocenters. The quantitative estimate of drug-likeness (QED) is 0.540. The Labute approximate surface area is 143 Å². The molecule has 0 aliphatic rings. The summed E-state index contributed by atoms with van der Waals surface area (Å²) in [6.45, 7) is 0. The first kappa shape index (κ1) is 16.8. The molecule has 0 saturated carbocycles. The number of hydrogen-bond donors (Lipinski definition) is 4. The van der Waals surface area contributed by atoms with Gasteiger partial charge in [0.15, 0.2) is 0 Å². The number of methoxy groups -OCH3 is 1. The summed E-state index contributed by atoms with van der Waals surface area (Å²) in [5.74, 6) is -3.22. The smallest absolute Gasteiger partial charge is 0.342 e. The number of carboxylic acid groups (broad SMARTS) is 2. The highest BCUT2D eigenvalue weighted by Gasteiger charge is 2.29. The fraction of sp³-hybridized carbons (Fsp3) is 0.0714. The minimum Gasteiger partial charge on any atom is -0.496 e. The van der Waals surface area contributed by atoms with Gasteiger partial charge in [-0.25, -0.2) is 9.59 Å². The Balaban J connectivity index is 3.10. The predicted octanol–water partition coefficient (Wildman–Crippen LogP) is 1.63. The summed E-state index contributed by atoms with van der Waals surface area (Å²) in [4.78, 5) is 37.2. The number of nitrogens with two attached hydrogens (primary N) is 1. The largest absolute Gasteiger partial charge is 0.496 e. The van der Waals surface area contributed by atoms with Crippen LogP contribution in [0.15, 0.2) is 23.0 Å². The van der Waals surface area contributed by atoms with Gasteiger partial charge in [0.2, 0.25) is 0 Å². The highest BCUT2D eigenvalue weighted by atomic mass is 127. The Morgan fingerprint density at radius 3 is 2.30 bits per heavy atom. The first-order valence-electron chi connectivity index (χ1n) is 6.14. The van der Waals surface area contributed by atoms with Crippen LogP contribution in [0, 0.1) is 3.57 Å². The third-order valence-electron chi connectivity index (χ3n) is 3.12. The van der Waals surface area contributed by atoms with Crippen LogP contribution in [0.3, 0.4) is 0 Å². The fourth-order valence-electron chi connectivity index (χ4n) is 2.21. The van der Waals surface area contributed by atoms with E-state index in [9.17, 15) is 24.6 Å². The minimum absolute atomic E-state index is 0.184. The highest BCUT2D eigenvalue weighted by molar-refractivity contribution is 14.1. The first-order chi connectivity index (χ1) is 10.8. The van der Waals surface area contributed by atoms with Gasteiger partial charge in [0.25, 0.3) is 5.56 Å². The van der Waals surface area contributed by atoms with Crippen LogP contribution < -0.4 is 16.0 Å². The van der Waals surface area contributed by atoms with Gasteiger partial charge in [0.05, 0.1) is 7.11 Å². The molecule has 0 saturated heterocycles. The van der Waals surface area contributed by atoms with Crippen LogP contribution in [0.25, 0.3) is 11.1 Å². The molecule has 2 rings (SSSR count). The minimum atomic E-state index is -1.56. The van der Waals surface area contributed by atoms with E-state index < -0.39 is 34.4 Å². The monoisotopic (exact) mass is 430 g/mol. The maximum atomic E-state index is 12.0. The van der Waals surface area contributed by atoms with Crippen molar-refractivity contribution in [1.82, 2.24) is 4.98 Å². The van der Waals surface area contributed by atoms with Crippen molar-refractivity contribution in [1.29, 1.82) is 0 Å². The van der Waals surface area contributed by atoms with E-state index in [-0.39, 0.29) is 16.9 Å². The zero-order chi connectivity index (χ0) is 17.3. The van der Waals surface area contributed by atoms with Gasteiger partial charge in [-0.1, -0.05) is 6.07 Å². The second-order valence-electron chi connectivity index (χ2n) is 4.42. The second kappa shape index (κ2) is 6.28. The summed E-state index contributed by atoms with van der Waals surface area (Å²) in [6, 6.07) is 4.82. The average molecular weight is 430 g/mol. The van der Waals surface area contributed by atoms with Gasteiger partial charge in [-0.05, 0) is 34.7 Å². The van der Waals surface area contributed by atoms with Gasteiger partial charge < -0.3 is 25.7 Å². The summed E-state index contributed by atoms with van der Waals surface area (Å²) in [7, 11) is 1.35. The average Bonchev–Trinajstić information content (AvgIpc) is 2.44. The van der Waals surface area contributed by atoms with E-state index in [4.69, 9.17) is 10.5 Å². The van der Waals surface area contributed by atoms with Crippen molar-refractivity contribution < 1.29 is 24.5 Å². The number of aromatic nitrogens is 1. The predicted molar refractivity (Wildman–Crippen MR) is 90.1 cm³/mol. The number of ether oxygens (including phenoxy) is 1. The molecule has 0 bridgehead atoms. The summed E-state index contributed by atoms with van der Waals surface area (Å²) >= 11 is 1.90. The van der Waals surface area contributed by atoms with Gasteiger partial charge >= 0.3 is 11.9 Å². The molecule has 9 heteroatoms. The number of anilines is 1. The summed E-state index contributed by atoms with van der Waals surface area (Å²) in [5, 5.41) is 18.8. The van der Waals surface area contributed by atoms with E-state index in [1.54, 1.807) is 12.1 Å². The first-order valence-corrected chi connectivity index (χ1v) is 7.22. The number of hydrogen-bond acceptors (Lipinski definition) is 5. The van der Waals surface area contributed by atoms with Crippen LogP contribution in [0.1, 0.15) is 20.7 Å². The molecule has 0 aliphatic heterocycles. The number of aromatic amines is 1. The highest BCUT2D eigenvalue weighted by Crippen LogP contribution is 2.38. The van der Waals surface area contributed by atoms with Gasteiger partial charge in [0.1, 0.15) is 22.7 Å². The third-order valence-corrected chi connectivity index (χ3v) is 4.02. The van der Waals surface area contributed by atoms with Gasteiger partial charge in [-0.3, -0.25) is 4.79 Å². The van der Waals surface area contributed by atoms with Crippen molar-refractivity contribution in [3.8, 4) is 16.9 Å². The van der Waals surface area contributed by atoms with E-state index >= 15 is 0 Å². The molecule has 120 valence electrons. The van der Waals surface area contributed by atoms with Gasteiger partial charge in [0, 0.05) is 14.7 Å². The summed E-state index contributed by atoms with van der Waals surface area (Å²) < 4.78 is 5.70. The van der Waals surface area contributed by atoms with Crippen LogP contribution in [-0.2, 0) is 0 Å². The molecule has 0 spiro atoms. The second-order valence-corrected chi connectivity index (χ2v) is 5.58. The molecule has 0 fully saturated rings. The van der Waals surface area contributed by atoms with E-state index in [0.29, 0.717) is 3.57 Å². The fourth-order valence-corrected chi connectivity index (χ4v) is 2.96. The van der Waals surface area contributed by atoms with Gasteiger partial charge in [-0.15, -0.1) is 0 Å². The number of pyridine rings is 1. The molecule has 1 aromatic carbocycles. The van der Waals surface area contributed by atoms with Crippen molar-refractivity contribution in [3.63, 3.8) is 0 Å². The van der Waals surface area contributed by atoms with Gasteiger partial charge in [-0.2, -0.15) is 0 Å². The molecule has 2 aromatic rings. The number of nitrogen functional groups attached to an aromatic ring is 1. The van der Waals surface area contributed by atoms with Crippen molar-refractivity contribution in [2.75, 3.05) is 12.8 Å². The molecule has 1 aromatic heterocycles. The maximum Gasteiger partial charge on any atom is 0.342 e. The molecule has 23 heavy (non-hydrogen) atoms. The van der Waals surface area contributed by atoms with Crippen molar-refractivity contribution in [2.45, 2.75) is 0 Å². The zero-order valence-electron chi connectivity index (χ0n) is 11.7. The van der Waals surface area contributed by atoms with Crippen LogP contribution in [0.5, 0.6) is 5.75 Å². The maximum absolute atomic E-state index is 12.0. The number of benzene rings is 1. The van der Waals surface area contributed by atoms with E-state index in [0.717, 1.165) is 0 Å². The lowest BCUT2D eigenvalue weighted by Crippen LogP contribution is -2.24. The number of carboxylic acids is 2. The standard InChI is InChI=1S/C14H11IN2O6/c1-23-6-4-2-3-5(15)7(6)8-9(13(19)20)11(16)17-12(18)10(8)14(21)22/h2-4H,1H3,(H,19,20)(H,21,22)(H3,16,17,18). The zero-order valence-corrected chi connectivity index (χ0v) is 13.9. The molecule has 0 atom stereocenters. The number of H-pyrrole nitrogens is 1. The van der Waals surface area contributed by atoms with Crippen molar-refractivity contribution in [2.24, 2.45) is 0 Å². The Morgan fingerprint density at radius 1 is 1.17 bits per heavy atom.